The molecule has 0 fully saturated rings. The van der Waals surface area contributed by atoms with Crippen molar-refractivity contribution in [3.05, 3.63) is 36.3 Å². The predicted molar refractivity (Wildman–Crippen MR) is 58.4 cm³/mol. The lowest BCUT2D eigenvalue weighted by molar-refractivity contribution is 0.111. The van der Waals surface area contributed by atoms with E-state index in [9.17, 15) is 4.79 Å². The summed E-state index contributed by atoms with van der Waals surface area (Å²) in [6.07, 6.45) is 2.55. The first kappa shape index (κ1) is 9.45. The lowest BCUT2D eigenvalue weighted by Crippen LogP contribution is -1.92. The summed E-state index contributed by atoms with van der Waals surface area (Å²) in [6.45, 7) is 0. The Labute approximate surface area is 87.4 Å². The first-order chi connectivity index (χ1) is 7.20. The highest BCUT2D eigenvalue weighted by molar-refractivity contribution is 5.72. The molecule has 4 nitrogen and oxygen atoms in total. The number of aryl methyl sites for hydroxylation is 1. The van der Waals surface area contributed by atoms with Crippen LogP contribution in [0.2, 0.25) is 0 Å². The van der Waals surface area contributed by atoms with E-state index in [1.54, 1.807) is 11.6 Å². The van der Waals surface area contributed by atoms with Crippen molar-refractivity contribution in [2.45, 2.75) is 0 Å². The third-order valence-electron chi connectivity index (χ3n) is 2.22. The molecule has 15 heavy (non-hydrogen) atoms. The summed E-state index contributed by atoms with van der Waals surface area (Å²) in [5.74, 6) is 0.418. The topological polar surface area (TPSA) is 60.9 Å². The lowest BCUT2D eigenvalue weighted by atomic mass is 10.1. The molecule has 0 radical (unpaired) electrons. The van der Waals surface area contributed by atoms with E-state index in [0.29, 0.717) is 11.5 Å². The molecule has 2 N–H and O–H groups in total. The quantitative estimate of drug-likeness (QED) is 0.591. The minimum absolute atomic E-state index is 0.418. The lowest BCUT2D eigenvalue weighted by Gasteiger charge is -1.96. The van der Waals surface area contributed by atoms with Gasteiger partial charge in [-0.05, 0) is 12.1 Å². The van der Waals surface area contributed by atoms with Gasteiger partial charge in [-0.2, -0.15) is 0 Å². The van der Waals surface area contributed by atoms with Crippen LogP contribution in [0.4, 0.5) is 5.69 Å². The maximum absolute atomic E-state index is 10.6. The van der Waals surface area contributed by atoms with Crippen LogP contribution in [0.25, 0.3) is 11.3 Å². The normalized spacial score (nSPS) is 10.2. The molecular formula is C11H11N3O. The van der Waals surface area contributed by atoms with E-state index in [1.807, 2.05) is 30.5 Å². The van der Waals surface area contributed by atoms with Crippen LogP contribution in [-0.2, 0) is 7.05 Å². The summed E-state index contributed by atoms with van der Waals surface area (Å²) in [4.78, 5) is 14.8. The largest absolute Gasteiger partial charge is 0.399 e. The average molecular weight is 201 g/mol. The monoisotopic (exact) mass is 201 g/mol. The fraction of sp³-hybridized carbons (Fsp3) is 0.0909. The summed E-state index contributed by atoms with van der Waals surface area (Å²) >= 11 is 0. The molecule has 0 aliphatic rings. The Hall–Kier alpha value is -2.10. The minimum atomic E-state index is 0.418. The smallest absolute Gasteiger partial charge is 0.185 e. The van der Waals surface area contributed by atoms with E-state index >= 15 is 0 Å². The third kappa shape index (κ3) is 1.74. The Morgan fingerprint density at radius 2 is 2.00 bits per heavy atom. The SMILES string of the molecule is Cn1cc(-c2ccc(N)cc2)nc1C=O. The number of carbonyl (C=O) groups is 1. The van der Waals surface area contributed by atoms with Gasteiger partial charge in [0, 0.05) is 24.5 Å². The molecule has 0 saturated carbocycles. The Bertz CT molecular complexity index is 485. The van der Waals surface area contributed by atoms with Gasteiger partial charge in [0.25, 0.3) is 0 Å². The van der Waals surface area contributed by atoms with Gasteiger partial charge < -0.3 is 10.3 Å². The van der Waals surface area contributed by atoms with Crippen molar-refractivity contribution in [1.29, 1.82) is 0 Å². The van der Waals surface area contributed by atoms with Crippen LogP contribution in [0, 0.1) is 0 Å². The molecule has 0 saturated heterocycles. The Morgan fingerprint density at radius 3 is 2.53 bits per heavy atom. The number of rotatable bonds is 2. The Morgan fingerprint density at radius 1 is 1.33 bits per heavy atom. The molecule has 1 aromatic heterocycles. The van der Waals surface area contributed by atoms with E-state index in [2.05, 4.69) is 4.98 Å². The molecule has 0 aliphatic heterocycles. The van der Waals surface area contributed by atoms with Crippen molar-refractivity contribution in [3.8, 4) is 11.3 Å². The fourth-order valence-electron chi connectivity index (χ4n) is 1.38. The van der Waals surface area contributed by atoms with E-state index in [1.165, 1.54) is 0 Å². The zero-order valence-corrected chi connectivity index (χ0v) is 8.34. The van der Waals surface area contributed by atoms with Gasteiger partial charge in [-0.3, -0.25) is 4.79 Å². The second kappa shape index (κ2) is 3.57. The molecule has 0 amide bonds. The van der Waals surface area contributed by atoms with Crippen LogP contribution in [0.3, 0.4) is 0 Å². The average Bonchev–Trinajstić information content (AvgIpc) is 2.61. The summed E-state index contributed by atoms with van der Waals surface area (Å²) in [7, 11) is 1.79. The van der Waals surface area contributed by atoms with Gasteiger partial charge in [-0.25, -0.2) is 4.98 Å². The summed E-state index contributed by atoms with van der Waals surface area (Å²) in [6, 6.07) is 7.38. The summed E-state index contributed by atoms with van der Waals surface area (Å²) in [5, 5.41) is 0. The van der Waals surface area contributed by atoms with Crippen molar-refractivity contribution in [1.82, 2.24) is 9.55 Å². The highest BCUT2D eigenvalue weighted by Crippen LogP contribution is 2.18. The van der Waals surface area contributed by atoms with Crippen molar-refractivity contribution < 1.29 is 4.79 Å². The standard InChI is InChI=1S/C11H11N3O/c1-14-6-10(13-11(14)7-15)8-2-4-9(12)5-3-8/h2-7H,12H2,1H3. The first-order valence-corrected chi connectivity index (χ1v) is 4.55. The number of aromatic nitrogens is 2. The Kier molecular flexibility index (Phi) is 2.25. The van der Waals surface area contributed by atoms with Crippen LogP contribution in [0.15, 0.2) is 30.5 Å². The van der Waals surface area contributed by atoms with Crippen LogP contribution in [0.5, 0.6) is 0 Å². The molecule has 1 heterocycles. The first-order valence-electron chi connectivity index (χ1n) is 4.55. The van der Waals surface area contributed by atoms with Gasteiger partial charge >= 0.3 is 0 Å². The van der Waals surface area contributed by atoms with Crippen molar-refractivity contribution in [3.63, 3.8) is 0 Å². The highest BCUT2D eigenvalue weighted by Gasteiger charge is 2.05. The molecule has 2 rings (SSSR count). The van der Waals surface area contributed by atoms with E-state index in [-0.39, 0.29) is 0 Å². The van der Waals surface area contributed by atoms with Gasteiger partial charge in [0.05, 0.1) is 5.69 Å². The number of benzene rings is 1. The number of hydrogen-bond donors (Lipinski definition) is 1. The van der Waals surface area contributed by atoms with Crippen molar-refractivity contribution in [2.75, 3.05) is 5.73 Å². The number of anilines is 1. The number of nitrogens with two attached hydrogens (primary N) is 1. The van der Waals surface area contributed by atoms with E-state index < -0.39 is 0 Å². The van der Waals surface area contributed by atoms with E-state index in [0.717, 1.165) is 17.5 Å². The van der Waals surface area contributed by atoms with Gasteiger partial charge in [0.15, 0.2) is 12.1 Å². The number of nitrogen functional groups attached to an aromatic ring is 1. The van der Waals surface area contributed by atoms with E-state index in [4.69, 9.17) is 5.73 Å². The summed E-state index contributed by atoms with van der Waals surface area (Å²) in [5.41, 5.74) is 8.03. The van der Waals surface area contributed by atoms with Gasteiger partial charge in [-0.1, -0.05) is 12.1 Å². The van der Waals surface area contributed by atoms with Crippen LogP contribution < -0.4 is 5.73 Å². The van der Waals surface area contributed by atoms with Crippen molar-refractivity contribution in [2.24, 2.45) is 7.05 Å². The maximum atomic E-state index is 10.6. The van der Waals surface area contributed by atoms with Gasteiger partial charge in [-0.15, -0.1) is 0 Å². The Balaban J connectivity index is 2.45. The summed E-state index contributed by atoms with van der Waals surface area (Å²) < 4.78 is 1.69. The second-order valence-electron chi connectivity index (χ2n) is 3.34. The number of aldehydes is 1. The molecule has 0 spiro atoms. The zero-order chi connectivity index (χ0) is 10.8. The maximum Gasteiger partial charge on any atom is 0.185 e. The molecular weight excluding hydrogens is 190 g/mol. The predicted octanol–water partition coefficient (Wildman–Crippen LogP) is 1.48. The molecule has 4 heteroatoms. The van der Waals surface area contributed by atoms with Gasteiger partial charge in [0.2, 0.25) is 0 Å². The number of imidazole rings is 1. The molecule has 0 bridgehead atoms. The molecule has 76 valence electrons. The van der Waals surface area contributed by atoms with Crippen LogP contribution >= 0.6 is 0 Å². The van der Waals surface area contributed by atoms with Crippen LogP contribution in [0.1, 0.15) is 10.6 Å². The molecule has 1 aromatic carbocycles. The highest BCUT2D eigenvalue weighted by atomic mass is 16.1. The molecule has 0 aliphatic carbocycles. The van der Waals surface area contributed by atoms with Gasteiger partial charge in [0.1, 0.15) is 0 Å². The zero-order valence-electron chi connectivity index (χ0n) is 8.34. The molecule has 0 unspecified atom stereocenters. The fourth-order valence-corrected chi connectivity index (χ4v) is 1.38. The second-order valence-corrected chi connectivity index (χ2v) is 3.34. The van der Waals surface area contributed by atoms with Crippen LogP contribution in [-0.4, -0.2) is 15.8 Å². The number of nitrogens with zero attached hydrogens (tertiary/aromatic N) is 2. The van der Waals surface area contributed by atoms with Crippen molar-refractivity contribution >= 4 is 12.0 Å². The number of carbonyl (C=O) groups excluding carboxylic acids is 1. The number of hydrogen-bond acceptors (Lipinski definition) is 3. The minimum Gasteiger partial charge on any atom is -0.399 e. The molecule has 2 aromatic rings. The molecule has 0 atom stereocenters. The third-order valence-corrected chi connectivity index (χ3v) is 2.22.